The molecular weight excluding hydrogens is 262 g/mol. The van der Waals surface area contributed by atoms with E-state index in [2.05, 4.69) is 5.32 Å². The van der Waals surface area contributed by atoms with Gasteiger partial charge in [-0.1, -0.05) is 6.92 Å². The number of carbonyl (C=O) groups is 2. The summed E-state index contributed by atoms with van der Waals surface area (Å²) in [7, 11) is 0. The third kappa shape index (κ3) is 4.76. The molecule has 0 spiro atoms. The zero-order valence-electron chi connectivity index (χ0n) is 12.5. The predicted octanol–water partition coefficient (Wildman–Crippen LogP) is 1.33. The Morgan fingerprint density at radius 3 is 2.70 bits per heavy atom. The van der Waals surface area contributed by atoms with Crippen LogP contribution in [0.4, 0.5) is 0 Å². The summed E-state index contributed by atoms with van der Waals surface area (Å²) >= 11 is 0. The van der Waals surface area contributed by atoms with E-state index in [1.807, 2.05) is 0 Å². The number of carbonyl (C=O) groups excluding carboxylic acids is 1. The summed E-state index contributed by atoms with van der Waals surface area (Å²) in [5.41, 5.74) is -1.25. The van der Waals surface area contributed by atoms with E-state index in [4.69, 9.17) is 14.6 Å². The number of aliphatic carboxylic acids is 1. The number of carboxylic acid groups (broad SMARTS) is 1. The lowest BCUT2D eigenvalue weighted by Gasteiger charge is -2.27. The van der Waals surface area contributed by atoms with E-state index in [0.717, 1.165) is 25.9 Å². The normalized spacial score (nSPS) is 23.6. The highest BCUT2D eigenvalue weighted by atomic mass is 16.5. The van der Waals surface area contributed by atoms with Crippen LogP contribution in [0.15, 0.2) is 0 Å². The Labute approximate surface area is 119 Å². The van der Waals surface area contributed by atoms with E-state index in [-0.39, 0.29) is 6.10 Å². The lowest BCUT2D eigenvalue weighted by molar-refractivity contribution is -0.150. The number of hydrogen-bond acceptors (Lipinski definition) is 4. The van der Waals surface area contributed by atoms with Crippen LogP contribution in [0.5, 0.6) is 0 Å². The summed E-state index contributed by atoms with van der Waals surface area (Å²) in [6, 6.07) is 0. The van der Waals surface area contributed by atoms with E-state index in [1.54, 1.807) is 13.8 Å². The molecule has 3 unspecified atom stereocenters. The summed E-state index contributed by atoms with van der Waals surface area (Å²) in [4.78, 5) is 23.1. The van der Waals surface area contributed by atoms with E-state index in [9.17, 15) is 9.59 Å². The summed E-state index contributed by atoms with van der Waals surface area (Å²) < 4.78 is 11.0. The molecule has 1 rings (SSSR count). The quantitative estimate of drug-likeness (QED) is 0.738. The van der Waals surface area contributed by atoms with Gasteiger partial charge in [0.15, 0.2) is 0 Å². The first-order valence-electron chi connectivity index (χ1n) is 7.17. The average molecular weight is 287 g/mol. The Morgan fingerprint density at radius 1 is 1.50 bits per heavy atom. The summed E-state index contributed by atoms with van der Waals surface area (Å²) in [6.07, 6.45) is 2.78. The van der Waals surface area contributed by atoms with Crippen molar-refractivity contribution in [2.45, 2.75) is 64.2 Å². The molecule has 116 valence electrons. The maximum Gasteiger partial charge on any atom is 0.329 e. The second-order valence-corrected chi connectivity index (χ2v) is 5.44. The molecule has 0 aromatic rings. The molecule has 1 saturated heterocycles. The standard InChI is InChI=1S/C14H25NO5/c1-4-14(3,13(17)18)15-12(16)10(2)20-9-11-7-5-6-8-19-11/h10-11H,4-9H2,1-3H3,(H,15,16)(H,17,18). The van der Waals surface area contributed by atoms with E-state index in [0.29, 0.717) is 13.0 Å². The van der Waals surface area contributed by atoms with Gasteiger partial charge in [-0.3, -0.25) is 4.79 Å². The van der Waals surface area contributed by atoms with Crippen LogP contribution in [-0.4, -0.2) is 47.9 Å². The fourth-order valence-electron chi connectivity index (χ4n) is 1.93. The molecule has 0 saturated carbocycles. The van der Waals surface area contributed by atoms with Gasteiger partial charge in [-0.15, -0.1) is 0 Å². The molecule has 0 aliphatic carbocycles. The number of amides is 1. The highest BCUT2D eigenvalue weighted by molar-refractivity contribution is 5.88. The number of rotatable bonds is 7. The van der Waals surface area contributed by atoms with Gasteiger partial charge in [0.05, 0.1) is 12.7 Å². The second-order valence-electron chi connectivity index (χ2n) is 5.44. The highest BCUT2D eigenvalue weighted by Gasteiger charge is 2.34. The lowest BCUT2D eigenvalue weighted by atomic mass is 9.99. The van der Waals surface area contributed by atoms with Crippen molar-refractivity contribution in [1.82, 2.24) is 5.32 Å². The Hall–Kier alpha value is -1.14. The molecule has 1 heterocycles. The van der Waals surface area contributed by atoms with Crippen LogP contribution in [0, 0.1) is 0 Å². The van der Waals surface area contributed by atoms with E-state index in [1.165, 1.54) is 6.92 Å². The van der Waals surface area contributed by atoms with Gasteiger partial charge in [-0.2, -0.15) is 0 Å². The van der Waals surface area contributed by atoms with Gasteiger partial charge >= 0.3 is 5.97 Å². The molecule has 0 bridgehead atoms. The molecule has 0 radical (unpaired) electrons. The third-order valence-corrected chi connectivity index (χ3v) is 3.75. The van der Waals surface area contributed by atoms with Gasteiger partial charge in [-0.25, -0.2) is 4.79 Å². The molecule has 0 aromatic carbocycles. The van der Waals surface area contributed by atoms with E-state index < -0.39 is 23.5 Å². The zero-order valence-corrected chi connectivity index (χ0v) is 12.5. The summed E-state index contributed by atoms with van der Waals surface area (Å²) in [5.74, 6) is -1.45. The van der Waals surface area contributed by atoms with Crippen molar-refractivity contribution in [3.63, 3.8) is 0 Å². The molecule has 3 atom stereocenters. The minimum atomic E-state index is -1.25. The molecule has 2 N–H and O–H groups in total. The summed E-state index contributed by atoms with van der Waals surface area (Å²) in [5, 5.41) is 11.6. The van der Waals surface area contributed by atoms with Crippen molar-refractivity contribution in [1.29, 1.82) is 0 Å². The third-order valence-electron chi connectivity index (χ3n) is 3.75. The number of ether oxygens (including phenoxy) is 2. The summed E-state index contributed by atoms with van der Waals surface area (Å²) in [6.45, 7) is 5.93. The maximum atomic E-state index is 12.0. The van der Waals surface area contributed by atoms with Crippen molar-refractivity contribution in [2.24, 2.45) is 0 Å². The van der Waals surface area contributed by atoms with Crippen LogP contribution in [0.2, 0.25) is 0 Å². The highest BCUT2D eigenvalue weighted by Crippen LogP contribution is 2.14. The molecular formula is C14H25NO5. The first kappa shape index (κ1) is 16.9. The SMILES string of the molecule is CCC(C)(NC(=O)C(C)OCC1CCCCO1)C(=O)O. The Kier molecular flexibility index (Phi) is 6.42. The van der Waals surface area contributed by atoms with Crippen LogP contribution >= 0.6 is 0 Å². The number of carboxylic acids is 1. The second kappa shape index (κ2) is 7.59. The van der Waals surface area contributed by atoms with Gasteiger partial charge in [0.1, 0.15) is 11.6 Å². The van der Waals surface area contributed by atoms with E-state index >= 15 is 0 Å². The van der Waals surface area contributed by atoms with Crippen LogP contribution in [-0.2, 0) is 19.1 Å². The van der Waals surface area contributed by atoms with Crippen LogP contribution < -0.4 is 5.32 Å². The van der Waals surface area contributed by atoms with Gasteiger partial charge in [0, 0.05) is 6.61 Å². The minimum absolute atomic E-state index is 0.0380. The van der Waals surface area contributed by atoms with Crippen molar-refractivity contribution in [3.05, 3.63) is 0 Å². The van der Waals surface area contributed by atoms with Crippen molar-refractivity contribution in [2.75, 3.05) is 13.2 Å². The first-order valence-corrected chi connectivity index (χ1v) is 7.17. The molecule has 1 amide bonds. The molecule has 20 heavy (non-hydrogen) atoms. The largest absolute Gasteiger partial charge is 0.480 e. The smallest absolute Gasteiger partial charge is 0.329 e. The topological polar surface area (TPSA) is 84.9 Å². The minimum Gasteiger partial charge on any atom is -0.480 e. The number of nitrogens with one attached hydrogen (secondary N) is 1. The van der Waals surface area contributed by atoms with Gasteiger partial charge in [0.25, 0.3) is 0 Å². The van der Waals surface area contributed by atoms with Crippen LogP contribution in [0.1, 0.15) is 46.5 Å². The van der Waals surface area contributed by atoms with Crippen molar-refractivity contribution in [3.8, 4) is 0 Å². The van der Waals surface area contributed by atoms with Crippen LogP contribution in [0.3, 0.4) is 0 Å². The van der Waals surface area contributed by atoms with Gasteiger partial charge < -0.3 is 19.9 Å². The molecule has 6 heteroatoms. The molecule has 1 fully saturated rings. The fourth-order valence-corrected chi connectivity index (χ4v) is 1.93. The number of hydrogen-bond donors (Lipinski definition) is 2. The van der Waals surface area contributed by atoms with Gasteiger partial charge in [0.2, 0.25) is 5.91 Å². The Balaban J connectivity index is 2.40. The molecule has 0 aromatic heterocycles. The molecule has 1 aliphatic rings. The Bertz CT molecular complexity index is 340. The van der Waals surface area contributed by atoms with Crippen molar-refractivity contribution >= 4 is 11.9 Å². The first-order chi connectivity index (χ1) is 9.39. The Morgan fingerprint density at radius 2 is 2.20 bits per heavy atom. The van der Waals surface area contributed by atoms with Crippen LogP contribution in [0.25, 0.3) is 0 Å². The average Bonchev–Trinajstić information content (AvgIpc) is 2.45. The zero-order chi connectivity index (χ0) is 15.2. The van der Waals surface area contributed by atoms with Gasteiger partial charge in [-0.05, 0) is 39.5 Å². The fraction of sp³-hybridized carbons (Fsp3) is 0.857. The monoisotopic (exact) mass is 287 g/mol. The molecule has 6 nitrogen and oxygen atoms in total. The maximum absolute atomic E-state index is 12.0. The van der Waals surface area contributed by atoms with Crippen molar-refractivity contribution < 1.29 is 24.2 Å². The molecule has 1 aliphatic heterocycles. The predicted molar refractivity (Wildman–Crippen MR) is 73.5 cm³/mol. The lowest BCUT2D eigenvalue weighted by Crippen LogP contribution is -2.54.